The molecule has 2 aromatic rings. The molecule has 0 fully saturated rings. The first-order valence-corrected chi connectivity index (χ1v) is 9.76. The van der Waals surface area contributed by atoms with E-state index in [1.54, 1.807) is 0 Å². The topological polar surface area (TPSA) is 131 Å². The first-order chi connectivity index (χ1) is 12.8. The Kier molecular flexibility index (Phi) is 6.48. The monoisotopic (exact) mass is 391 g/mol. The van der Waals surface area contributed by atoms with Crippen LogP contribution in [0.5, 0.6) is 0 Å². The zero-order valence-electron chi connectivity index (χ0n) is 15.0. The molecule has 2 rings (SSSR count). The predicted octanol–water partition coefficient (Wildman–Crippen LogP) is 2.53. The van der Waals surface area contributed by atoms with Crippen LogP contribution in [0.1, 0.15) is 19.4 Å². The Labute approximate surface area is 157 Å². The molecule has 0 atom stereocenters. The zero-order valence-corrected chi connectivity index (χ0v) is 15.8. The fourth-order valence-electron chi connectivity index (χ4n) is 2.47. The number of anilines is 2. The van der Waals surface area contributed by atoms with Gasteiger partial charge in [0.1, 0.15) is 5.69 Å². The van der Waals surface area contributed by atoms with E-state index >= 15 is 0 Å². The van der Waals surface area contributed by atoms with E-state index in [1.165, 1.54) is 18.3 Å². The van der Waals surface area contributed by atoms with E-state index in [4.69, 9.17) is 5.14 Å². The Morgan fingerprint density at radius 1 is 1.19 bits per heavy atom. The van der Waals surface area contributed by atoms with Crippen LogP contribution >= 0.6 is 0 Å². The summed E-state index contributed by atoms with van der Waals surface area (Å²) in [6, 6.07) is 11.0. The lowest BCUT2D eigenvalue weighted by Gasteiger charge is -2.20. The molecule has 0 aromatic heterocycles. The van der Waals surface area contributed by atoms with Gasteiger partial charge in [0, 0.05) is 24.8 Å². The molecule has 0 saturated heterocycles. The first kappa shape index (κ1) is 20.3. The average Bonchev–Trinajstić information content (AvgIpc) is 2.63. The van der Waals surface area contributed by atoms with Crippen molar-refractivity contribution >= 4 is 33.3 Å². The molecule has 9 nitrogen and oxygen atoms in total. The molecule has 144 valence electrons. The molecule has 0 aliphatic carbocycles. The number of nitrogens with one attached hydrogen (secondary N) is 1. The number of nitro benzene ring substituents is 1. The van der Waals surface area contributed by atoms with Crippen LogP contribution in [-0.2, 0) is 10.0 Å². The minimum atomic E-state index is -4.03. The van der Waals surface area contributed by atoms with Gasteiger partial charge in [-0.2, -0.15) is 5.10 Å². The molecule has 0 saturated carbocycles. The number of nitrogens with two attached hydrogens (primary N) is 1. The van der Waals surface area contributed by atoms with E-state index in [0.717, 1.165) is 30.4 Å². The van der Waals surface area contributed by atoms with Gasteiger partial charge in [0.25, 0.3) is 5.69 Å². The summed E-state index contributed by atoms with van der Waals surface area (Å²) in [6.45, 7) is 5.97. The van der Waals surface area contributed by atoms with E-state index in [0.29, 0.717) is 0 Å². The summed E-state index contributed by atoms with van der Waals surface area (Å²) < 4.78 is 22.7. The molecule has 0 heterocycles. The molecular formula is C17H21N5O4S. The Morgan fingerprint density at radius 3 is 2.33 bits per heavy atom. The van der Waals surface area contributed by atoms with Crippen molar-refractivity contribution in [2.45, 2.75) is 18.7 Å². The zero-order chi connectivity index (χ0) is 20.0. The van der Waals surface area contributed by atoms with Crippen molar-refractivity contribution in [3.8, 4) is 0 Å². The van der Waals surface area contributed by atoms with Gasteiger partial charge in [0.2, 0.25) is 10.0 Å². The Hall–Kier alpha value is -2.98. The van der Waals surface area contributed by atoms with Crippen LogP contribution in [0.2, 0.25) is 0 Å². The summed E-state index contributed by atoms with van der Waals surface area (Å²) in [4.78, 5) is 12.3. The Balaban J connectivity index is 2.17. The van der Waals surface area contributed by atoms with Crippen molar-refractivity contribution in [3.63, 3.8) is 0 Å². The number of hydrogen-bond acceptors (Lipinski definition) is 7. The number of hydrazone groups is 1. The lowest BCUT2D eigenvalue weighted by atomic mass is 10.2. The van der Waals surface area contributed by atoms with E-state index < -0.39 is 20.6 Å². The molecule has 0 bridgehead atoms. The van der Waals surface area contributed by atoms with Crippen LogP contribution in [0.15, 0.2) is 52.5 Å². The van der Waals surface area contributed by atoms with Crippen molar-refractivity contribution in [1.82, 2.24) is 0 Å². The number of nitrogens with zero attached hydrogens (tertiary/aromatic N) is 3. The highest BCUT2D eigenvalue weighted by molar-refractivity contribution is 7.89. The maximum absolute atomic E-state index is 11.3. The first-order valence-electron chi connectivity index (χ1n) is 8.21. The maximum atomic E-state index is 11.3. The molecule has 10 heteroatoms. The third-order valence-electron chi connectivity index (χ3n) is 3.91. The number of benzene rings is 2. The van der Waals surface area contributed by atoms with Crippen LogP contribution in [0.25, 0.3) is 0 Å². The number of hydrogen-bond donors (Lipinski definition) is 2. The summed E-state index contributed by atoms with van der Waals surface area (Å²) in [6.07, 6.45) is 1.52. The molecule has 0 radical (unpaired) electrons. The van der Waals surface area contributed by atoms with Crippen LogP contribution in [-0.4, -0.2) is 32.6 Å². The highest BCUT2D eigenvalue weighted by atomic mass is 32.2. The average molecular weight is 391 g/mol. The molecule has 3 N–H and O–H groups in total. The normalized spacial score (nSPS) is 11.5. The summed E-state index contributed by atoms with van der Waals surface area (Å²) in [5.41, 5.74) is 4.09. The van der Waals surface area contributed by atoms with E-state index in [9.17, 15) is 18.5 Å². The number of rotatable bonds is 8. The second-order valence-electron chi connectivity index (χ2n) is 5.61. The van der Waals surface area contributed by atoms with Crippen LogP contribution in [0, 0.1) is 10.1 Å². The van der Waals surface area contributed by atoms with E-state index in [-0.39, 0.29) is 10.6 Å². The lowest BCUT2D eigenvalue weighted by Crippen LogP contribution is -2.21. The van der Waals surface area contributed by atoms with Crippen LogP contribution < -0.4 is 15.5 Å². The van der Waals surface area contributed by atoms with Gasteiger partial charge < -0.3 is 4.90 Å². The summed E-state index contributed by atoms with van der Waals surface area (Å²) in [5.74, 6) is 0. The van der Waals surface area contributed by atoms with Gasteiger partial charge in [-0.05, 0) is 43.7 Å². The molecule has 0 spiro atoms. The molecule has 0 amide bonds. The molecular weight excluding hydrogens is 370 g/mol. The SMILES string of the molecule is CCN(CC)c1ccc(/C=N\Nc2ccc(S(N)(=O)=O)cc2[N+](=O)[O-])cc1. The Morgan fingerprint density at radius 2 is 1.81 bits per heavy atom. The van der Waals surface area contributed by atoms with Crippen molar-refractivity contribution in [2.75, 3.05) is 23.4 Å². The summed E-state index contributed by atoms with van der Waals surface area (Å²) >= 11 is 0. The molecule has 0 unspecified atom stereocenters. The van der Waals surface area contributed by atoms with Crippen molar-refractivity contribution < 1.29 is 13.3 Å². The van der Waals surface area contributed by atoms with Crippen molar-refractivity contribution in [1.29, 1.82) is 0 Å². The Bertz CT molecular complexity index is 938. The summed E-state index contributed by atoms with van der Waals surface area (Å²) in [7, 11) is -4.03. The van der Waals surface area contributed by atoms with E-state index in [2.05, 4.69) is 29.3 Å². The highest BCUT2D eigenvalue weighted by Crippen LogP contribution is 2.27. The highest BCUT2D eigenvalue weighted by Gasteiger charge is 2.18. The molecule has 0 aliphatic rings. The lowest BCUT2D eigenvalue weighted by molar-refractivity contribution is -0.384. The van der Waals surface area contributed by atoms with E-state index in [1.807, 2.05) is 24.3 Å². The van der Waals surface area contributed by atoms with Crippen LogP contribution in [0.4, 0.5) is 17.1 Å². The molecule has 2 aromatic carbocycles. The molecule has 0 aliphatic heterocycles. The van der Waals surface area contributed by atoms with Gasteiger partial charge in [-0.15, -0.1) is 0 Å². The fraction of sp³-hybridized carbons (Fsp3) is 0.235. The van der Waals surface area contributed by atoms with Gasteiger partial charge in [-0.25, -0.2) is 13.6 Å². The predicted molar refractivity (Wildman–Crippen MR) is 106 cm³/mol. The van der Waals surface area contributed by atoms with Gasteiger partial charge in [0.15, 0.2) is 0 Å². The fourth-order valence-corrected chi connectivity index (χ4v) is 3.00. The maximum Gasteiger partial charge on any atom is 0.295 e. The van der Waals surface area contributed by atoms with Crippen molar-refractivity contribution in [2.24, 2.45) is 10.2 Å². The van der Waals surface area contributed by atoms with Gasteiger partial charge >= 0.3 is 0 Å². The summed E-state index contributed by atoms with van der Waals surface area (Å²) in [5, 5.41) is 20.2. The van der Waals surface area contributed by atoms with Crippen LogP contribution in [0.3, 0.4) is 0 Å². The van der Waals surface area contributed by atoms with Crippen molar-refractivity contribution in [3.05, 3.63) is 58.1 Å². The van der Waals surface area contributed by atoms with Gasteiger partial charge in [-0.3, -0.25) is 15.5 Å². The third-order valence-corrected chi connectivity index (χ3v) is 4.83. The largest absolute Gasteiger partial charge is 0.372 e. The minimum Gasteiger partial charge on any atom is -0.372 e. The second kappa shape index (κ2) is 8.60. The number of sulfonamides is 1. The van der Waals surface area contributed by atoms with Gasteiger partial charge in [0.05, 0.1) is 16.0 Å². The number of nitro groups is 1. The quantitative estimate of drug-likeness (QED) is 0.404. The minimum absolute atomic E-state index is 0.0587. The number of primary sulfonamides is 1. The smallest absolute Gasteiger partial charge is 0.295 e. The second-order valence-corrected chi connectivity index (χ2v) is 7.18. The third kappa shape index (κ3) is 5.25. The standard InChI is InChI=1S/C17H21N5O4S/c1-3-21(4-2)14-7-5-13(6-8-14)12-19-20-16-10-9-15(27(18,25)26)11-17(16)22(23)24/h5-12,20H,3-4H2,1-2H3,(H2,18,25,26)/b19-12-. The van der Waals surface area contributed by atoms with Gasteiger partial charge in [-0.1, -0.05) is 12.1 Å². The molecule has 27 heavy (non-hydrogen) atoms.